The first-order valence-electron chi connectivity index (χ1n) is 6.03. The fourth-order valence-electron chi connectivity index (χ4n) is 2.09. The molecule has 0 unspecified atom stereocenters. The van der Waals surface area contributed by atoms with E-state index in [9.17, 15) is 0 Å². The number of aromatic amines is 1. The van der Waals surface area contributed by atoms with Gasteiger partial charge in [-0.15, -0.1) is 0 Å². The standard InChI is InChI=1S/C13H19N3OS/c1-15(2)8-5-9-16-10-6-4-7-11(17-3)12(10)14-13(16)18/h4,6-7H,5,8-9H2,1-3H3,(H,14,18). The molecule has 0 saturated heterocycles. The van der Waals surface area contributed by atoms with Crippen LogP contribution in [0, 0.1) is 4.77 Å². The maximum Gasteiger partial charge on any atom is 0.178 e. The smallest absolute Gasteiger partial charge is 0.178 e. The third-order valence-corrected chi connectivity index (χ3v) is 3.30. The largest absolute Gasteiger partial charge is 0.494 e. The minimum absolute atomic E-state index is 0.758. The second-order valence-corrected chi connectivity index (χ2v) is 4.98. The molecular formula is C13H19N3OS. The van der Waals surface area contributed by atoms with Crippen LogP contribution in [0.3, 0.4) is 0 Å². The summed E-state index contributed by atoms with van der Waals surface area (Å²) in [7, 11) is 5.84. The zero-order valence-electron chi connectivity index (χ0n) is 11.1. The molecule has 0 spiro atoms. The Labute approximate surface area is 112 Å². The normalized spacial score (nSPS) is 11.3. The van der Waals surface area contributed by atoms with E-state index < -0.39 is 0 Å². The van der Waals surface area contributed by atoms with Crippen molar-refractivity contribution >= 4 is 23.3 Å². The number of fused-ring (bicyclic) bond motifs is 1. The number of aromatic nitrogens is 2. The quantitative estimate of drug-likeness (QED) is 0.844. The number of benzene rings is 1. The summed E-state index contributed by atoms with van der Waals surface area (Å²) in [4.78, 5) is 5.40. The van der Waals surface area contributed by atoms with E-state index >= 15 is 0 Å². The summed E-state index contributed by atoms with van der Waals surface area (Å²) in [5.41, 5.74) is 2.09. The van der Waals surface area contributed by atoms with Crippen molar-refractivity contribution < 1.29 is 4.74 Å². The van der Waals surface area contributed by atoms with Crippen molar-refractivity contribution in [3.8, 4) is 5.75 Å². The number of nitrogens with zero attached hydrogens (tertiary/aromatic N) is 2. The molecule has 0 saturated carbocycles. The van der Waals surface area contributed by atoms with Crippen LogP contribution in [0.2, 0.25) is 0 Å². The maximum atomic E-state index is 5.38. The lowest BCUT2D eigenvalue weighted by Crippen LogP contribution is -2.15. The van der Waals surface area contributed by atoms with Gasteiger partial charge in [-0.25, -0.2) is 0 Å². The molecule has 0 aliphatic rings. The van der Waals surface area contributed by atoms with Gasteiger partial charge in [0.15, 0.2) is 4.77 Å². The summed E-state index contributed by atoms with van der Waals surface area (Å²) in [6, 6.07) is 6.00. The number of methoxy groups -OCH3 is 1. The minimum Gasteiger partial charge on any atom is -0.494 e. The van der Waals surface area contributed by atoms with E-state index in [1.807, 2.05) is 12.1 Å². The molecule has 2 rings (SSSR count). The zero-order valence-corrected chi connectivity index (χ0v) is 11.9. The van der Waals surface area contributed by atoms with E-state index in [4.69, 9.17) is 17.0 Å². The molecule has 0 bridgehead atoms. The lowest BCUT2D eigenvalue weighted by atomic mass is 10.3. The van der Waals surface area contributed by atoms with Crippen LogP contribution in [0.15, 0.2) is 18.2 Å². The van der Waals surface area contributed by atoms with Gasteiger partial charge in [0, 0.05) is 6.54 Å². The fraction of sp³-hybridized carbons (Fsp3) is 0.462. The van der Waals surface area contributed by atoms with E-state index in [0.29, 0.717) is 0 Å². The van der Waals surface area contributed by atoms with Gasteiger partial charge < -0.3 is 19.2 Å². The Morgan fingerprint density at radius 3 is 2.83 bits per heavy atom. The number of rotatable bonds is 5. The van der Waals surface area contributed by atoms with Crippen molar-refractivity contribution in [3.05, 3.63) is 23.0 Å². The highest BCUT2D eigenvalue weighted by atomic mass is 32.1. The highest BCUT2D eigenvalue weighted by Crippen LogP contribution is 2.24. The van der Waals surface area contributed by atoms with Gasteiger partial charge in [0.05, 0.1) is 12.6 Å². The number of hydrogen-bond donors (Lipinski definition) is 1. The van der Waals surface area contributed by atoms with Gasteiger partial charge in [-0.2, -0.15) is 0 Å². The molecule has 0 aliphatic carbocycles. The number of aryl methyl sites for hydroxylation is 1. The van der Waals surface area contributed by atoms with Crippen LogP contribution >= 0.6 is 12.2 Å². The predicted octanol–water partition coefficient (Wildman–Crippen LogP) is 2.66. The lowest BCUT2D eigenvalue weighted by Gasteiger charge is -2.10. The molecule has 1 heterocycles. The third-order valence-electron chi connectivity index (χ3n) is 2.98. The summed E-state index contributed by atoms with van der Waals surface area (Å²) >= 11 is 5.38. The molecule has 18 heavy (non-hydrogen) atoms. The van der Waals surface area contributed by atoms with Gasteiger partial charge in [0.1, 0.15) is 11.3 Å². The van der Waals surface area contributed by atoms with Crippen LogP contribution in [0.25, 0.3) is 11.0 Å². The number of ether oxygens (including phenoxy) is 1. The molecule has 4 nitrogen and oxygen atoms in total. The average Bonchev–Trinajstić information content (AvgIpc) is 2.65. The maximum absolute atomic E-state index is 5.38. The Balaban J connectivity index is 2.33. The number of nitrogens with one attached hydrogen (secondary N) is 1. The van der Waals surface area contributed by atoms with E-state index in [1.165, 1.54) is 0 Å². The first-order chi connectivity index (χ1) is 8.63. The van der Waals surface area contributed by atoms with Crippen LogP contribution in [0.4, 0.5) is 0 Å². The first-order valence-corrected chi connectivity index (χ1v) is 6.44. The fourth-order valence-corrected chi connectivity index (χ4v) is 2.38. The predicted molar refractivity (Wildman–Crippen MR) is 76.8 cm³/mol. The third kappa shape index (κ3) is 2.57. The topological polar surface area (TPSA) is 33.2 Å². The van der Waals surface area contributed by atoms with Crippen LogP contribution in [-0.4, -0.2) is 42.2 Å². The molecule has 0 amide bonds. The summed E-state index contributed by atoms with van der Waals surface area (Å²) < 4.78 is 8.23. The molecule has 2 aromatic rings. The number of imidazole rings is 1. The van der Waals surface area contributed by atoms with Crippen molar-refractivity contribution in [3.63, 3.8) is 0 Å². The number of H-pyrrole nitrogens is 1. The number of hydrogen-bond acceptors (Lipinski definition) is 3. The van der Waals surface area contributed by atoms with Crippen molar-refractivity contribution in [1.82, 2.24) is 14.5 Å². The van der Waals surface area contributed by atoms with Crippen LogP contribution in [-0.2, 0) is 6.54 Å². The highest BCUT2D eigenvalue weighted by molar-refractivity contribution is 7.71. The van der Waals surface area contributed by atoms with Gasteiger partial charge in [-0.1, -0.05) is 6.07 Å². The molecule has 0 aliphatic heterocycles. The van der Waals surface area contributed by atoms with Crippen molar-refractivity contribution in [2.75, 3.05) is 27.7 Å². The van der Waals surface area contributed by atoms with Gasteiger partial charge in [0.25, 0.3) is 0 Å². The summed E-state index contributed by atoms with van der Waals surface area (Å²) in [5, 5.41) is 0. The van der Waals surface area contributed by atoms with Crippen LogP contribution in [0.5, 0.6) is 5.75 Å². The minimum atomic E-state index is 0.758. The van der Waals surface area contributed by atoms with Gasteiger partial charge in [0.2, 0.25) is 0 Å². The van der Waals surface area contributed by atoms with E-state index in [2.05, 4.69) is 34.6 Å². The van der Waals surface area contributed by atoms with Gasteiger partial charge in [-0.05, 0) is 51.4 Å². The second kappa shape index (κ2) is 5.54. The molecule has 0 atom stereocenters. The van der Waals surface area contributed by atoms with E-state index in [1.54, 1.807) is 7.11 Å². The average molecular weight is 265 g/mol. The Kier molecular flexibility index (Phi) is 4.04. The Morgan fingerprint density at radius 1 is 1.39 bits per heavy atom. The highest BCUT2D eigenvalue weighted by Gasteiger charge is 2.08. The molecule has 0 radical (unpaired) electrons. The van der Waals surface area contributed by atoms with Crippen molar-refractivity contribution in [2.45, 2.75) is 13.0 Å². The SMILES string of the molecule is COc1cccc2c1[nH]c(=S)n2CCCN(C)C. The lowest BCUT2D eigenvalue weighted by molar-refractivity contribution is 0.387. The molecule has 1 aromatic heterocycles. The summed E-state index contributed by atoms with van der Waals surface area (Å²) in [6.45, 7) is 1.97. The van der Waals surface area contributed by atoms with Crippen molar-refractivity contribution in [1.29, 1.82) is 0 Å². The molecule has 0 fully saturated rings. The Morgan fingerprint density at radius 2 is 2.17 bits per heavy atom. The Bertz CT molecular complexity index is 585. The van der Waals surface area contributed by atoms with E-state index in [-0.39, 0.29) is 0 Å². The van der Waals surface area contributed by atoms with Crippen LogP contribution in [0.1, 0.15) is 6.42 Å². The molecule has 1 N–H and O–H groups in total. The summed E-state index contributed by atoms with van der Waals surface area (Å²) in [5.74, 6) is 0.838. The first kappa shape index (κ1) is 13.1. The second-order valence-electron chi connectivity index (χ2n) is 4.59. The molecule has 1 aromatic carbocycles. The molecule has 5 heteroatoms. The molecular weight excluding hydrogens is 246 g/mol. The van der Waals surface area contributed by atoms with Crippen molar-refractivity contribution in [2.24, 2.45) is 0 Å². The van der Waals surface area contributed by atoms with E-state index in [0.717, 1.165) is 41.1 Å². The number of para-hydroxylation sites is 1. The molecule has 98 valence electrons. The Hall–Kier alpha value is -1.33. The summed E-state index contributed by atoms with van der Waals surface area (Å²) in [6.07, 6.45) is 1.07. The van der Waals surface area contributed by atoms with Crippen LogP contribution < -0.4 is 4.74 Å². The van der Waals surface area contributed by atoms with Gasteiger partial charge >= 0.3 is 0 Å². The zero-order chi connectivity index (χ0) is 13.1. The van der Waals surface area contributed by atoms with Gasteiger partial charge in [-0.3, -0.25) is 0 Å². The monoisotopic (exact) mass is 265 g/mol.